The van der Waals surface area contributed by atoms with Gasteiger partial charge in [-0.15, -0.1) is 0 Å². The summed E-state index contributed by atoms with van der Waals surface area (Å²) in [5, 5.41) is 3.09. The maximum Gasteiger partial charge on any atom is 0.222 e. The SMILES string of the molecule is NC1(CC(=O)NC2CCOCC2)CCCCC1. The first kappa shape index (κ1) is 12.8. The van der Waals surface area contributed by atoms with Gasteiger partial charge in [0.05, 0.1) is 0 Å². The van der Waals surface area contributed by atoms with E-state index in [9.17, 15) is 4.79 Å². The number of nitrogens with two attached hydrogens (primary N) is 1. The van der Waals surface area contributed by atoms with Gasteiger partial charge in [-0.2, -0.15) is 0 Å². The van der Waals surface area contributed by atoms with Crippen LogP contribution in [0.1, 0.15) is 51.4 Å². The van der Waals surface area contributed by atoms with E-state index in [-0.39, 0.29) is 11.4 Å². The molecule has 0 aromatic rings. The summed E-state index contributed by atoms with van der Waals surface area (Å²) in [6, 6.07) is 0.295. The topological polar surface area (TPSA) is 64.4 Å². The molecular formula is C13H24N2O2. The molecular weight excluding hydrogens is 216 g/mol. The van der Waals surface area contributed by atoms with Gasteiger partial charge in [0.1, 0.15) is 0 Å². The van der Waals surface area contributed by atoms with Crippen LogP contribution in [-0.4, -0.2) is 30.7 Å². The van der Waals surface area contributed by atoms with Gasteiger partial charge in [-0.1, -0.05) is 19.3 Å². The Balaban J connectivity index is 1.75. The van der Waals surface area contributed by atoms with Gasteiger partial charge in [0.25, 0.3) is 0 Å². The van der Waals surface area contributed by atoms with Gasteiger partial charge in [-0.05, 0) is 25.7 Å². The molecule has 98 valence electrons. The zero-order chi connectivity index (χ0) is 12.1. The fraction of sp³-hybridized carbons (Fsp3) is 0.923. The van der Waals surface area contributed by atoms with Crippen molar-refractivity contribution in [3.05, 3.63) is 0 Å². The van der Waals surface area contributed by atoms with Crippen molar-refractivity contribution >= 4 is 5.91 Å². The highest BCUT2D eigenvalue weighted by Crippen LogP contribution is 2.28. The van der Waals surface area contributed by atoms with Crippen molar-refractivity contribution in [1.29, 1.82) is 0 Å². The maximum absolute atomic E-state index is 12.0. The molecule has 0 bridgehead atoms. The quantitative estimate of drug-likeness (QED) is 0.782. The van der Waals surface area contributed by atoms with Crippen molar-refractivity contribution < 1.29 is 9.53 Å². The lowest BCUT2D eigenvalue weighted by atomic mass is 9.80. The van der Waals surface area contributed by atoms with E-state index in [4.69, 9.17) is 10.5 Å². The molecule has 1 amide bonds. The van der Waals surface area contributed by atoms with Crippen LogP contribution in [0.5, 0.6) is 0 Å². The lowest BCUT2D eigenvalue weighted by Gasteiger charge is -2.33. The van der Waals surface area contributed by atoms with Crippen LogP contribution in [0.2, 0.25) is 0 Å². The summed E-state index contributed by atoms with van der Waals surface area (Å²) in [6.07, 6.45) is 7.95. The number of ether oxygens (including phenoxy) is 1. The first-order valence-corrected chi connectivity index (χ1v) is 6.84. The third-order valence-electron chi connectivity index (χ3n) is 3.95. The smallest absolute Gasteiger partial charge is 0.222 e. The van der Waals surface area contributed by atoms with Crippen molar-refractivity contribution in [2.45, 2.75) is 62.9 Å². The van der Waals surface area contributed by atoms with E-state index in [1.807, 2.05) is 0 Å². The molecule has 1 saturated carbocycles. The molecule has 4 heteroatoms. The second-order valence-corrected chi connectivity index (χ2v) is 5.55. The van der Waals surface area contributed by atoms with E-state index in [0.29, 0.717) is 12.5 Å². The van der Waals surface area contributed by atoms with Crippen molar-refractivity contribution in [2.24, 2.45) is 5.73 Å². The molecule has 17 heavy (non-hydrogen) atoms. The summed E-state index contributed by atoms with van der Waals surface area (Å²) in [5.41, 5.74) is 6.04. The average molecular weight is 240 g/mol. The summed E-state index contributed by atoms with van der Waals surface area (Å²) in [7, 11) is 0. The lowest BCUT2D eigenvalue weighted by Crippen LogP contribution is -2.48. The van der Waals surface area contributed by atoms with E-state index in [1.54, 1.807) is 0 Å². The van der Waals surface area contributed by atoms with Gasteiger partial charge in [-0.25, -0.2) is 0 Å². The van der Waals surface area contributed by atoms with Gasteiger partial charge in [0.15, 0.2) is 0 Å². The van der Waals surface area contributed by atoms with Crippen LogP contribution >= 0.6 is 0 Å². The Morgan fingerprint density at radius 2 is 1.88 bits per heavy atom. The molecule has 1 aliphatic carbocycles. The van der Waals surface area contributed by atoms with E-state index >= 15 is 0 Å². The summed E-state index contributed by atoms with van der Waals surface area (Å²) >= 11 is 0. The largest absolute Gasteiger partial charge is 0.381 e. The summed E-state index contributed by atoms with van der Waals surface area (Å²) in [5.74, 6) is 0.126. The molecule has 1 heterocycles. The number of amides is 1. The Morgan fingerprint density at radius 3 is 2.53 bits per heavy atom. The van der Waals surface area contributed by atoms with Crippen LogP contribution in [0.3, 0.4) is 0 Å². The Morgan fingerprint density at radius 1 is 1.24 bits per heavy atom. The zero-order valence-electron chi connectivity index (χ0n) is 10.5. The Bertz CT molecular complexity index is 256. The second-order valence-electron chi connectivity index (χ2n) is 5.55. The maximum atomic E-state index is 12.0. The molecule has 0 radical (unpaired) electrons. The summed E-state index contributed by atoms with van der Waals surface area (Å²) < 4.78 is 5.28. The highest BCUT2D eigenvalue weighted by molar-refractivity contribution is 5.77. The number of rotatable bonds is 3. The van der Waals surface area contributed by atoms with Crippen molar-refractivity contribution in [3.63, 3.8) is 0 Å². The first-order chi connectivity index (χ1) is 8.18. The predicted octanol–water partition coefficient (Wildman–Crippen LogP) is 1.33. The van der Waals surface area contributed by atoms with Gasteiger partial charge in [0.2, 0.25) is 5.91 Å². The number of nitrogens with one attached hydrogen (secondary N) is 1. The van der Waals surface area contributed by atoms with Gasteiger partial charge in [0, 0.05) is 31.2 Å². The van der Waals surface area contributed by atoms with E-state index in [2.05, 4.69) is 5.32 Å². The monoisotopic (exact) mass is 240 g/mol. The van der Waals surface area contributed by atoms with Crippen molar-refractivity contribution in [3.8, 4) is 0 Å². The summed E-state index contributed by atoms with van der Waals surface area (Å²) in [6.45, 7) is 1.53. The molecule has 2 aliphatic rings. The van der Waals surface area contributed by atoms with Crippen LogP contribution in [0.4, 0.5) is 0 Å². The fourth-order valence-electron chi connectivity index (χ4n) is 2.87. The normalized spacial score (nSPS) is 25.5. The van der Waals surface area contributed by atoms with Gasteiger partial charge >= 0.3 is 0 Å². The van der Waals surface area contributed by atoms with Crippen molar-refractivity contribution in [1.82, 2.24) is 5.32 Å². The van der Waals surface area contributed by atoms with E-state index < -0.39 is 0 Å². The standard InChI is InChI=1S/C13H24N2O2/c14-13(6-2-1-3-7-13)10-12(16)15-11-4-8-17-9-5-11/h11H,1-10,14H2,(H,15,16). The molecule has 0 atom stereocenters. The molecule has 4 nitrogen and oxygen atoms in total. The Kier molecular flexibility index (Phi) is 4.40. The lowest BCUT2D eigenvalue weighted by molar-refractivity contribution is -0.123. The molecule has 0 spiro atoms. The van der Waals surface area contributed by atoms with Crippen LogP contribution in [-0.2, 0) is 9.53 Å². The van der Waals surface area contributed by atoms with Crippen LogP contribution in [0.15, 0.2) is 0 Å². The molecule has 2 fully saturated rings. The molecule has 1 aliphatic heterocycles. The van der Waals surface area contributed by atoms with E-state index in [1.165, 1.54) is 19.3 Å². The van der Waals surface area contributed by atoms with Crippen LogP contribution < -0.4 is 11.1 Å². The van der Waals surface area contributed by atoms with Crippen LogP contribution in [0.25, 0.3) is 0 Å². The van der Waals surface area contributed by atoms with Crippen LogP contribution in [0, 0.1) is 0 Å². The minimum absolute atomic E-state index is 0.126. The van der Waals surface area contributed by atoms with Gasteiger partial charge < -0.3 is 15.8 Å². The summed E-state index contributed by atoms with van der Waals surface area (Å²) in [4.78, 5) is 12.0. The van der Waals surface area contributed by atoms with Crippen molar-refractivity contribution in [2.75, 3.05) is 13.2 Å². The predicted molar refractivity (Wildman–Crippen MR) is 66.6 cm³/mol. The molecule has 2 rings (SSSR count). The number of carbonyl (C=O) groups excluding carboxylic acids is 1. The third-order valence-corrected chi connectivity index (χ3v) is 3.95. The molecule has 0 unspecified atom stereocenters. The highest BCUT2D eigenvalue weighted by Gasteiger charge is 2.30. The Hall–Kier alpha value is -0.610. The first-order valence-electron chi connectivity index (χ1n) is 6.84. The number of carbonyl (C=O) groups is 1. The van der Waals surface area contributed by atoms with E-state index in [0.717, 1.165) is 38.9 Å². The Labute approximate surface area is 103 Å². The molecule has 1 saturated heterocycles. The zero-order valence-corrected chi connectivity index (χ0v) is 10.5. The minimum atomic E-state index is -0.243. The number of hydrogen-bond acceptors (Lipinski definition) is 3. The fourth-order valence-corrected chi connectivity index (χ4v) is 2.87. The molecule has 0 aromatic carbocycles. The third kappa shape index (κ3) is 3.96. The van der Waals surface area contributed by atoms with Gasteiger partial charge in [-0.3, -0.25) is 4.79 Å². The molecule has 3 N–H and O–H groups in total. The second kappa shape index (κ2) is 5.83. The average Bonchev–Trinajstić information content (AvgIpc) is 2.30. The molecule has 0 aromatic heterocycles. The minimum Gasteiger partial charge on any atom is -0.381 e. The highest BCUT2D eigenvalue weighted by atomic mass is 16.5. The number of hydrogen-bond donors (Lipinski definition) is 2.